The molecule has 0 aliphatic rings. The molecule has 0 saturated heterocycles. The molecule has 6 heteroatoms. The van der Waals surface area contributed by atoms with E-state index >= 15 is 0 Å². The van der Waals surface area contributed by atoms with E-state index in [2.05, 4.69) is 44.9 Å². The average molecular weight is 319 g/mol. The smallest absolute Gasteiger partial charge is 0.255 e. The monoisotopic (exact) mass is 319 g/mol. The zero-order valence-electron chi connectivity index (χ0n) is 13.8. The van der Waals surface area contributed by atoms with Crippen LogP contribution in [0.25, 0.3) is 0 Å². The van der Waals surface area contributed by atoms with Crippen molar-refractivity contribution < 1.29 is 8.78 Å². The molecule has 1 aromatic rings. The molecule has 1 rings (SSSR count). The van der Waals surface area contributed by atoms with Crippen LogP contribution in [0.4, 0.5) is 13.9 Å². The Morgan fingerprint density at radius 3 is 2.38 bits per heavy atom. The molecular weight excluding hydrogens is 292 g/mol. The summed E-state index contributed by atoms with van der Waals surface area (Å²) in [5, 5.41) is 4.08. The van der Waals surface area contributed by atoms with Gasteiger partial charge in [-0.1, -0.05) is 34.6 Å². The maximum Gasteiger partial charge on any atom is 0.255 e. The summed E-state index contributed by atoms with van der Waals surface area (Å²) in [5.41, 5.74) is 0.912. The molecule has 0 aliphatic carbocycles. The zero-order valence-corrected chi connectivity index (χ0v) is 14.7. The van der Waals surface area contributed by atoms with Gasteiger partial charge >= 0.3 is 0 Å². The summed E-state index contributed by atoms with van der Waals surface area (Å²) >= 11 is 1.51. The summed E-state index contributed by atoms with van der Waals surface area (Å²) in [6.07, 6.45) is -2.35. The van der Waals surface area contributed by atoms with Crippen molar-refractivity contribution in [2.75, 3.05) is 25.0 Å². The Kier molecular flexibility index (Phi) is 6.53. The Balaban J connectivity index is 2.91. The standard InChI is InChI=1S/C15H27F2N3S/c1-10(2)7-18-8-11-13(15(3,4)5)19-14(21-11)20(6)9-12(16)17/h10,12,18H,7-9H2,1-6H3. The van der Waals surface area contributed by atoms with Crippen molar-refractivity contribution in [3.8, 4) is 0 Å². The number of hydrogen-bond acceptors (Lipinski definition) is 4. The number of rotatable bonds is 7. The van der Waals surface area contributed by atoms with E-state index in [-0.39, 0.29) is 12.0 Å². The Morgan fingerprint density at radius 1 is 1.29 bits per heavy atom. The molecule has 0 unspecified atom stereocenters. The van der Waals surface area contributed by atoms with Crippen molar-refractivity contribution in [2.45, 2.75) is 53.0 Å². The van der Waals surface area contributed by atoms with Crippen molar-refractivity contribution in [3.63, 3.8) is 0 Å². The number of aromatic nitrogens is 1. The van der Waals surface area contributed by atoms with Gasteiger partial charge in [0.05, 0.1) is 12.2 Å². The molecule has 1 N–H and O–H groups in total. The number of nitrogens with zero attached hydrogens (tertiary/aromatic N) is 2. The van der Waals surface area contributed by atoms with Gasteiger partial charge in [-0.15, -0.1) is 11.3 Å². The second-order valence-electron chi connectivity index (χ2n) is 6.81. The van der Waals surface area contributed by atoms with Gasteiger partial charge < -0.3 is 10.2 Å². The lowest BCUT2D eigenvalue weighted by molar-refractivity contribution is 0.156. The predicted octanol–water partition coefficient (Wildman–Crippen LogP) is 3.89. The Morgan fingerprint density at radius 2 is 1.90 bits per heavy atom. The van der Waals surface area contributed by atoms with Crippen LogP contribution >= 0.6 is 11.3 Å². The fraction of sp³-hybridized carbons (Fsp3) is 0.800. The minimum Gasteiger partial charge on any atom is -0.345 e. The number of alkyl halides is 2. The molecule has 0 aliphatic heterocycles. The van der Waals surface area contributed by atoms with Gasteiger partial charge in [-0.2, -0.15) is 0 Å². The average Bonchev–Trinajstić information content (AvgIpc) is 2.71. The topological polar surface area (TPSA) is 28.2 Å². The van der Waals surface area contributed by atoms with Crippen LogP contribution in [0.3, 0.4) is 0 Å². The minimum absolute atomic E-state index is 0.0880. The summed E-state index contributed by atoms with van der Waals surface area (Å²) in [5.74, 6) is 0.581. The lowest BCUT2D eigenvalue weighted by Gasteiger charge is -2.18. The summed E-state index contributed by atoms with van der Waals surface area (Å²) in [6, 6.07) is 0. The van der Waals surface area contributed by atoms with Crippen molar-refractivity contribution >= 4 is 16.5 Å². The first-order valence-electron chi connectivity index (χ1n) is 7.31. The molecule has 122 valence electrons. The lowest BCUT2D eigenvalue weighted by Crippen LogP contribution is -2.24. The number of halogens is 2. The SMILES string of the molecule is CC(C)CNCc1sc(N(C)CC(F)F)nc1C(C)(C)C. The van der Waals surface area contributed by atoms with Crippen LogP contribution in [0.15, 0.2) is 0 Å². The third-order valence-electron chi connectivity index (χ3n) is 2.97. The van der Waals surface area contributed by atoms with Crippen LogP contribution in [0, 0.1) is 5.92 Å². The van der Waals surface area contributed by atoms with Crippen molar-refractivity contribution in [1.82, 2.24) is 10.3 Å². The van der Waals surface area contributed by atoms with Crippen molar-refractivity contribution in [3.05, 3.63) is 10.6 Å². The van der Waals surface area contributed by atoms with Gasteiger partial charge in [0.1, 0.15) is 0 Å². The van der Waals surface area contributed by atoms with Crippen LogP contribution in [0.1, 0.15) is 45.2 Å². The molecule has 0 atom stereocenters. The number of nitrogens with one attached hydrogen (secondary N) is 1. The number of hydrogen-bond donors (Lipinski definition) is 1. The van der Waals surface area contributed by atoms with E-state index in [1.165, 1.54) is 16.2 Å². The molecule has 21 heavy (non-hydrogen) atoms. The summed E-state index contributed by atoms with van der Waals surface area (Å²) in [6.45, 7) is 12.0. The second kappa shape index (κ2) is 7.49. The molecular formula is C15H27F2N3S. The van der Waals surface area contributed by atoms with Crippen LogP contribution in [-0.4, -0.2) is 31.5 Å². The molecule has 1 heterocycles. The highest BCUT2D eigenvalue weighted by Crippen LogP contribution is 2.33. The molecule has 0 fully saturated rings. The van der Waals surface area contributed by atoms with Gasteiger partial charge in [-0.05, 0) is 12.5 Å². The van der Waals surface area contributed by atoms with E-state index in [1.807, 2.05) is 0 Å². The minimum atomic E-state index is -2.35. The van der Waals surface area contributed by atoms with E-state index in [1.54, 1.807) is 7.05 Å². The fourth-order valence-electron chi connectivity index (χ4n) is 1.97. The van der Waals surface area contributed by atoms with E-state index in [9.17, 15) is 8.78 Å². The quantitative estimate of drug-likeness (QED) is 0.826. The van der Waals surface area contributed by atoms with E-state index < -0.39 is 6.43 Å². The summed E-state index contributed by atoms with van der Waals surface area (Å²) in [7, 11) is 1.67. The predicted molar refractivity (Wildman–Crippen MR) is 86.6 cm³/mol. The maximum absolute atomic E-state index is 12.5. The maximum atomic E-state index is 12.5. The van der Waals surface area contributed by atoms with Gasteiger partial charge in [-0.3, -0.25) is 0 Å². The first-order valence-corrected chi connectivity index (χ1v) is 8.13. The van der Waals surface area contributed by atoms with Gasteiger partial charge in [0.25, 0.3) is 6.43 Å². The van der Waals surface area contributed by atoms with E-state index in [4.69, 9.17) is 0 Å². The normalized spacial score (nSPS) is 12.5. The first kappa shape index (κ1) is 18.3. The highest BCUT2D eigenvalue weighted by atomic mass is 32.1. The number of thiazole rings is 1. The fourth-order valence-corrected chi connectivity index (χ4v) is 3.18. The molecule has 0 radical (unpaired) electrons. The Labute approximate surface area is 130 Å². The molecule has 0 saturated carbocycles. The first-order chi connectivity index (χ1) is 9.61. The lowest BCUT2D eigenvalue weighted by atomic mass is 9.91. The molecule has 3 nitrogen and oxygen atoms in total. The molecule has 0 bridgehead atoms. The largest absolute Gasteiger partial charge is 0.345 e. The number of anilines is 1. The van der Waals surface area contributed by atoms with E-state index in [0.29, 0.717) is 11.0 Å². The van der Waals surface area contributed by atoms with Crippen molar-refractivity contribution in [1.29, 1.82) is 0 Å². The van der Waals surface area contributed by atoms with Gasteiger partial charge in [-0.25, -0.2) is 13.8 Å². The molecule has 0 spiro atoms. The molecule has 0 amide bonds. The Hall–Kier alpha value is -0.750. The van der Waals surface area contributed by atoms with Crippen LogP contribution in [0.5, 0.6) is 0 Å². The third kappa shape index (κ3) is 5.87. The summed E-state index contributed by atoms with van der Waals surface area (Å²) < 4.78 is 25.1. The van der Waals surface area contributed by atoms with Gasteiger partial charge in [0.15, 0.2) is 5.13 Å². The second-order valence-corrected chi connectivity index (χ2v) is 7.88. The zero-order chi connectivity index (χ0) is 16.2. The highest BCUT2D eigenvalue weighted by Gasteiger charge is 2.24. The van der Waals surface area contributed by atoms with Crippen LogP contribution < -0.4 is 10.2 Å². The molecule has 1 aromatic heterocycles. The van der Waals surface area contributed by atoms with Crippen molar-refractivity contribution in [2.24, 2.45) is 5.92 Å². The summed E-state index contributed by atoms with van der Waals surface area (Å²) in [4.78, 5) is 7.28. The van der Waals surface area contributed by atoms with E-state index in [0.717, 1.165) is 23.7 Å². The third-order valence-corrected chi connectivity index (χ3v) is 4.14. The van der Waals surface area contributed by atoms with Crippen LogP contribution in [0.2, 0.25) is 0 Å². The van der Waals surface area contributed by atoms with Crippen LogP contribution in [-0.2, 0) is 12.0 Å². The van der Waals surface area contributed by atoms with Gasteiger partial charge in [0.2, 0.25) is 0 Å². The van der Waals surface area contributed by atoms with Gasteiger partial charge in [0, 0.05) is 23.9 Å². The highest BCUT2D eigenvalue weighted by molar-refractivity contribution is 7.15. The molecule has 0 aromatic carbocycles. The Bertz CT molecular complexity index is 439.